The van der Waals surface area contributed by atoms with Crippen LogP contribution in [-0.2, 0) is 10.0 Å². The van der Waals surface area contributed by atoms with Gasteiger partial charge in [0.15, 0.2) is 9.76 Å². The second-order valence-electron chi connectivity index (χ2n) is 6.91. The molecule has 0 heterocycles. The summed E-state index contributed by atoms with van der Waals surface area (Å²) < 4.78 is 6.94. The number of hydrogen-bond acceptors (Lipinski definition) is 3. The fourth-order valence-corrected chi connectivity index (χ4v) is 6.87. The van der Waals surface area contributed by atoms with E-state index in [4.69, 9.17) is 4.43 Å². The molecule has 134 valence electrons. The maximum Gasteiger partial charge on any atom is 0.176 e. The van der Waals surface area contributed by atoms with Gasteiger partial charge in [-0.2, -0.15) is 0 Å². The average Bonchev–Trinajstić information content (AvgIpc) is 2.70. The van der Waals surface area contributed by atoms with Crippen LogP contribution in [0.25, 0.3) is 0 Å². The zero-order valence-electron chi connectivity index (χ0n) is 14.9. The molecule has 0 aliphatic heterocycles. The highest BCUT2D eigenvalue weighted by atomic mass is 33.1. The summed E-state index contributed by atoms with van der Waals surface area (Å²) in [5, 5.41) is 0. The van der Waals surface area contributed by atoms with Gasteiger partial charge in [0.2, 0.25) is 0 Å². The first kappa shape index (κ1) is 19.1. The van der Waals surface area contributed by atoms with Gasteiger partial charge in [0, 0.05) is 10.8 Å². The maximum absolute atomic E-state index is 6.94. The van der Waals surface area contributed by atoms with Gasteiger partial charge in [0.1, 0.15) is 0 Å². The smallest absolute Gasteiger partial charge is 0.176 e. The first-order chi connectivity index (χ1) is 12.3. The second-order valence-corrected chi connectivity index (χ2v) is 10.6. The van der Waals surface area contributed by atoms with E-state index in [1.807, 2.05) is 0 Å². The molecule has 0 saturated heterocycles. The van der Waals surface area contributed by atoms with Crippen LogP contribution in [-0.4, -0.2) is 14.6 Å². The summed E-state index contributed by atoms with van der Waals surface area (Å²) in [5.41, 5.74) is 2.62. The van der Waals surface area contributed by atoms with Crippen LogP contribution in [0.3, 0.4) is 0 Å². The molecule has 0 radical (unpaired) electrons. The van der Waals surface area contributed by atoms with E-state index in [0.717, 1.165) is 12.8 Å². The van der Waals surface area contributed by atoms with Gasteiger partial charge in [-0.25, -0.2) is 0 Å². The van der Waals surface area contributed by atoms with Crippen molar-refractivity contribution in [2.24, 2.45) is 0 Å². The molecule has 1 aliphatic carbocycles. The van der Waals surface area contributed by atoms with Crippen molar-refractivity contribution in [1.82, 2.24) is 0 Å². The Morgan fingerprint density at radius 1 is 1.12 bits per heavy atom. The fourth-order valence-electron chi connectivity index (χ4n) is 4.05. The molecule has 0 amide bonds. The van der Waals surface area contributed by atoms with Gasteiger partial charge in [-0.05, 0) is 30.4 Å². The minimum atomic E-state index is -0.670. The Labute approximate surface area is 163 Å². The summed E-state index contributed by atoms with van der Waals surface area (Å²) >= 11 is 4.47. The number of rotatable bonds is 7. The van der Waals surface area contributed by atoms with Gasteiger partial charge in [0.25, 0.3) is 0 Å². The van der Waals surface area contributed by atoms with Crippen molar-refractivity contribution in [3.8, 4) is 0 Å². The molecule has 1 fully saturated rings. The van der Waals surface area contributed by atoms with E-state index < -0.39 is 9.76 Å². The summed E-state index contributed by atoms with van der Waals surface area (Å²) in [7, 11) is 1.01. The molecule has 0 spiro atoms. The molecule has 2 aromatic rings. The molecular weight excluding hydrogens is 360 g/mol. The predicted molar refractivity (Wildman–Crippen MR) is 116 cm³/mol. The van der Waals surface area contributed by atoms with Crippen molar-refractivity contribution in [3.63, 3.8) is 0 Å². The third-order valence-corrected chi connectivity index (χ3v) is 10.4. The van der Waals surface area contributed by atoms with Crippen LogP contribution in [0.15, 0.2) is 60.7 Å². The molecular formula is C21H28OS2Si. The summed E-state index contributed by atoms with van der Waals surface area (Å²) in [4.78, 5) is 0.572. The second kappa shape index (κ2) is 9.31. The minimum absolute atomic E-state index is 0.163. The lowest BCUT2D eigenvalue weighted by Gasteiger charge is -2.46. The first-order valence-corrected chi connectivity index (χ1v) is 12.7. The van der Waals surface area contributed by atoms with E-state index in [-0.39, 0.29) is 5.60 Å². The quantitative estimate of drug-likeness (QED) is 0.372. The van der Waals surface area contributed by atoms with Crippen LogP contribution in [0.1, 0.15) is 56.1 Å². The molecule has 2 aromatic carbocycles. The number of benzene rings is 2. The molecule has 0 aromatic heterocycles. The summed E-state index contributed by atoms with van der Waals surface area (Å²) in [6, 6.07) is 21.9. The van der Waals surface area contributed by atoms with E-state index in [2.05, 4.69) is 79.2 Å². The van der Waals surface area contributed by atoms with E-state index in [1.54, 1.807) is 10.8 Å². The Bertz CT molecular complexity index is 633. The van der Waals surface area contributed by atoms with Crippen molar-refractivity contribution >= 4 is 32.2 Å². The largest absolute Gasteiger partial charge is 0.413 e. The summed E-state index contributed by atoms with van der Waals surface area (Å²) in [5.74, 6) is 0.444. The zero-order valence-corrected chi connectivity index (χ0v) is 18.1. The Morgan fingerprint density at radius 2 is 1.80 bits per heavy atom. The molecule has 4 heteroatoms. The number of hydrogen-bond donors (Lipinski definition) is 1. The van der Waals surface area contributed by atoms with E-state index in [0.29, 0.717) is 10.8 Å². The van der Waals surface area contributed by atoms with Gasteiger partial charge < -0.3 is 4.43 Å². The van der Waals surface area contributed by atoms with Gasteiger partial charge in [-0.15, -0.1) is 11.7 Å². The average molecular weight is 389 g/mol. The lowest BCUT2D eigenvalue weighted by molar-refractivity contribution is 0.00575. The van der Waals surface area contributed by atoms with Gasteiger partial charge in [0.05, 0.1) is 5.60 Å². The number of thiol groups is 1. The topological polar surface area (TPSA) is 9.23 Å². The van der Waals surface area contributed by atoms with Crippen LogP contribution >= 0.6 is 22.5 Å². The van der Waals surface area contributed by atoms with E-state index in [1.165, 1.54) is 30.4 Å². The Kier molecular flexibility index (Phi) is 7.11. The Morgan fingerprint density at radius 3 is 2.44 bits per heavy atom. The Hall–Kier alpha value is -0.683. The summed E-state index contributed by atoms with van der Waals surface area (Å²) in [6.07, 6.45) is 6.01. The Balaban J connectivity index is 1.99. The highest BCUT2D eigenvalue weighted by molar-refractivity contribution is 8.69. The predicted octanol–water partition coefficient (Wildman–Crippen LogP) is 5.65. The van der Waals surface area contributed by atoms with Crippen molar-refractivity contribution in [2.45, 2.75) is 55.4 Å². The standard InChI is InChI=1S/C21H28OS2Si/c1-2-20(24-23)25-22-21(18-13-7-4-8-14-18)16-10-9-15-19(21)17-11-5-3-6-12-17/h3-8,11-14,19-20,23H,2,9-10,15-16,25H2,1H3. The van der Waals surface area contributed by atoms with Crippen molar-refractivity contribution in [1.29, 1.82) is 0 Å². The van der Waals surface area contributed by atoms with Gasteiger partial charge >= 0.3 is 0 Å². The zero-order chi connectivity index (χ0) is 17.5. The molecule has 0 N–H and O–H groups in total. The van der Waals surface area contributed by atoms with Crippen molar-refractivity contribution in [2.75, 3.05) is 0 Å². The van der Waals surface area contributed by atoms with E-state index in [9.17, 15) is 0 Å². The fraction of sp³-hybridized carbons (Fsp3) is 0.429. The highest BCUT2D eigenvalue weighted by Gasteiger charge is 2.43. The molecule has 1 saturated carbocycles. The monoisotopic (exact) mass is 388 g/mol. The SMILES string of the molecule is CCC([SiH2]OC1(c2ccccc2)CCCCC1c1ccccc1)SS. The third kappa shape index (κ3) is 4.36. The van der Waals surface area contributed by atoms with Crippen LogP contribution < -0.4 is 0 Å². The van der Waals surface area contributed by atoms with Gasteiger partial charge in [-0.3, -0.25) is 0 Å². The van der Waals surface area contributed by atoms with Gasteiger partial charge in [-0.1, -0.05) is 91.2 Å². The van der Waals surface area contributed by atoms with Crippen LogP contribution in [0.2, 0.25) is 0 Å². The first-order valence-electron chi connectivity index (χ1n) is 9.35. The minimum Gasteiger partial charge on any atom is -0.413 e. The third-order valence-electron chi connectivity index (χ3n) is 5.45. The van der Waals surface area contributed by atoms with Crippen LogP contribution in [0, 0.1) is 0 Å². The highest BCUT2D eigenvalue weighted by Crippen LogP contribution is 2.50. The molecule has 3 unspecified atom stereocenters. The normalized spacial score (nSPS) is 25.3. The molecule has 25 heavy (non-hydrogen) atoms. The van der Waals surface area contributed by atoms with Crippen molar-refractivity contribution < 1.29 is 4.43 Å². The summed E-state index contributed by atoms with van der Waals surface area (Å²) in [6.45, 7) is 2.25. The lowest BCUT2D eigenvalue weighted by Crippen LogP contribution is -2.42. The molecule has 3 atom stereocenters. The van der Waals surface area contributed by atoms with Crippen molar-refractivity contribution in [3.05, 3.63) is 71.8 Å². The van der Waals surface area contributed by atoms with E-state index >= 15 is 0 Å². The molecule has 3 rings (SSSR count). The molecule has 1 nitrogen and oxygen atoms in total. The van der Waals surface area contributed by atoms with Crippen LogP contribution in [0.4, 0.5) is 0 Å². The molecule has 1 aliphatic rings. The lowest BCUT2D eigenvalue weighted by atomic mass is 9.69. The maximum atomic E-state index is 6.94. The van der Waals surface area contributed by atoms with Crippen LogP contribution in [0.5, 0.6) is 0 Å². The molecule has 0 bridgehead atoms.